The number of alkyl halides is 6. The van der Waals surface area contributed by atoms with Gasteiger partial charge in [-0.05, 0) is 176 Å². The third-order valence-electron chi connectivity index (χ3n) is 22.6. The number of aryl methyl sites for hydroxylation is 6. The molecule has 20 rings (SSSR count). The average Bonchev–Trinajstić information content (AvgIpc) is 1.43. The molecule has 0 N–H and O–H groups in total. The van der Waals surface area contributed by atoms with Crippen LogP contribution in [0, 0.1) is 48.5 Å². The number of aromatic nitrogens is 18. The molecule has 18 nitrogen and oxygen atoms in total. The smallest absolute Gasteiger partial charge is 0.573 e. The fraction of sp³-hybridized carbons (Fsp3) is 0.133. The summed E-state index contributed by atoms with van der Waals surface area (Å²) in [6.07, 6.45) is 5.94. The molecule has 144 heavy (non-hydrogen) atoms. The topological polar surface area (TPSA) is 219 Å². The van der Waals surface area contributed by atoms with E-state index < -0.39 is 39.9 Å². The van der Waals surface area contributed by atoms with E-state index in [1.54, 1.807) is 46.3 Å². The molecular formula is C113H90F6N18Pt5Si2. The summed E-state index contributed by atoms with van der Waals surface area (Å²) in [5.41, 5.74) is 18.7. The molecule has 8 aromatic carbocycles. The van der Waals surface area contributed by atoms with Crippen molar-refractivity contribution in [1.82, 2.24) is 89.8 Å². The molecule has 0 fully saturated rings. The predicted octanol–water partition coefficient (Wildman–Crippen LogP) is 21.4. The molecule has 0 amide bonds. The van der Waals surface area contributed by atoms with Crippen LogP contribution in [0.2, 0.25) is 26.2 Å². The summed E-state index contributed by atoms with van der Waals surface area (Å²) >= 11 is 0. The SMILES string of the molecule is C[Si](C)(c1[c-]c(-n2cncn2)ccc1)c1[c-]c(-n2cncn2)ccc1.C[Si](C)(c1cccc(-c2cc(C(F)(F)F)n[n-]2)n1)c1cccc(-c2cc(C(F)(F)F)n[n-]2)n1.[Pt+2].[Pt+2].[Pt+2].[Pt+2].[Pt+2].[c-]1ccccc1-c1cccc(CCCCc2cccc(-c3[c-]cccc3)n2)n1.[c-]1ccccc1-c1cccc(CCCc2cccc(-c3[c-]cccc3)n2)n1.[c-]1ccccc1-c1cccc(CCc2cccc(-c3[c-]cccc3)n2)n1. The monoisotopic (exact) mass is 2840 g/mol. The van der Waals surface area contributed by atoms with Gasteiger partial charge in [-0.15, -0.1) is 228 Å². The van der Waals surface area contributed by atoms with E-state index in [9.17, 15) is 26.3 Å². The van der Waals surface area contributed by atoms with E-state index in [1.807, 2.05) is 207 Å². The Morgan fingerprint density at radius 1 is 0.278 bits per heavy atom. The number of halogens is 6. The van der Waals surface area contributed by atoms with Crippen LogP contribution in [-0.2, 0) is 156 Å². The van der Waals surface area contributed by atoms with Crippen molar-refractivity contribution in [3.63, 3.8) is 0 Å². The van der Waals surface area contributed by atoms with Crippen LogP contribution in [0.4, 0.5) is 26.3 Å². The minimum atomic E-state index is -4.61. The zero-order valence-corrected chi connectivity index (χ0v) is 91.3. The Morgan fingerprint density at radius 3 is 0.799 bits per heavy atom. The van der Waals surface area contributed by atoms with Crippen molar-refractivity contribution in [1.29, 1.82) is 0 Å². The van der Waals surface area contributed by atoms with Gasteiger partial charge in [-0.3, -0.25) is 9.97 Å². The number of nitrogens with zero attached hydrogens (tertiary/aromatic N) is 18. The molecule has 732 valence electrons. The third kappa shape index (κ3) is 31.1. The summed E-state index contributed by atoms with van der Waals surface area (Å²) in [4.78, 5) is 45.7. The summed E-state index contributed by atoms with van der Waals surface area (Å²) in [6, 6.07) is 135. The summed E-state index contributed by atoms with van der Waals surface area (Å²) in [6.45, 7) is 8.42. The van der Waals surface area contributed by atoms with Crippen molar-refractivity contribution in [3.05, 3.63) is 459 Å². The second-order valence-corrected chi connectivity index (χ2v) is 41.8. The quantitative estimate of drug-likeness (QED) is 0.0213. The van der Waals surface area contributed by atoms with Gasteiger partial charge in [-0.1, -0.05) is 123 Å². The minimum absolute atomic E-state index is 0. The first kappa shape index (κ1) is 111. The minimum Gasteiger partial charge on any atom is -0.573 e. The van der Waals surface area contributed by atoms with Gasteiger partial charge in [0.1, 0.15) is 36.7 Å². The Balaban J connectivity index is 0.000000171. The van der Waals surface area contributed by atoms with Crippen molar-refractivity contribution in [2.24, 2.45) is 0 Å². The van der Waals surface area contributed by atoms with Crippen LogP contribution in [0.3, 0.4) is 0 Å². The molecular weight excluding hydrogens is 2750 g/mol. The molecule has 20 aromatic rings. The van der Waals surface area contributed by atoms with Crippen LogP contribution in [0.15, 0.2) is 365 Å². The number of hydrogen-bond donors (Lipinski definition) is 0. The number of rotatable bonds is 26. The van der Waals surface area contributed by atoms with Crippen LogP contribution >= 0.6 is 0 Å². The predicted molar refractivity (Wildman–Crippen MR) is 533 cm³/mol. The van der Waals surface area contributed by atoms with Crippen molar-refractivity contribution < 1.29 is 132 Å². The molecule has 0 aliphatic carbocycles. The number of benzene rings is 8. The molecule has 0 radical (unpaired) electrons. The zero-order chi connectivity index (χ0) is 96.2. The Morgan fingerprint density at radius 2 is 0.542 bits per heavy atom. The third-order valence-corrected chi connectivity index (χ3v) is 29.0. The first-order chi connectivity index (χ1) is 67.6. The Bertz CT molecular complexity index is 6880. The van der Waals surface area contributed by atoms with Crippen LogP contribution < -0.4 is 31.2 Å². The normalized spacial score (nSPS) is 11.0. The van der Waals surface area contributed by atoms with Crippen molar-refractivity contribution in [2.75, 3.05) is 0 Å². The maximum atomic E-state index is 12.9. The van der Waals surface area contributed by atoms with Gasteiger partial charge in [-0.25, -0.2) is 19.3 Å². The summed E-state index contributed by atoms with van der Waals surface area (Å²) in [7, 11) is -4.58. The second kappa shape index (κ2) is 54.2. The summed E-state index contributed by atoms with van der Waals surface area (Å²) in [5, 5.41) is 25.5. The standard InChI is InChI=1S/C26H22N2.C25H20N2.C24H18N2.C20H14F6N6Si.C18H16N6Si.5Pt/c1-3-11-21(12-4-1)25-19-9-17-23(27-25)15-7-8-16-24-18-10-20-26(28-24)22-13-5-2-6-14-22;1-3-10-20(11-4-1)24-18-8-16-22(26-24)14-7-15-23-17-9-19-25(27-23)21-12-5-2-6-13-21;1-3-9-19(10-4-1)23-15-7-13-21(25-23)17-18-22-14-8-16-24(26-22)20-11-5-2-6-12-20;1-33(2,17-7-3-5-11(27-17)13-9-15(31-29-13)19(21,22)23)18-8-4-6-12(28-18)14-10-16(32-30-14)20(24,25)26;1-25(2,17-7-3-5-15(9-17)23-13-19-11-21-23)18-8-4-6-16(10-18)24-14-20-12-22-24;;;;;/h1-6,9-11,13,17-20H,7-8,15-16H2;1-6,8-10,12,16-19H,7,14-15H2;1-9,11,13-16H,17-18H2;3-10H,1-2H3;3-8,11-14H,1-2H3;;;;;/q5*-2;5*+2. The van der Waals surface area contributed by atoms with Crippen molar-refractivity contribution in [3.8, 4) is 102 Å². The van der Waals surface area contributed by atoms with Gasteiger partial charge in [0.15, 0.2) is 8.07 Å². The molecule has 0 saturated heterocycles. The van der Waals surface area contributed by atoms with Crippen LogP contribution in [0.25, 0.3) is 102 Å². The van der Waals surface area contributed by atoms with Gasteiger partial charge >= 0.3 is 118 Å². The molecule has 12 aromatic heterocycles. The van der Waals surface area contributed by atoms with Crippen LogP contribution in [0.5, 0.6) is 0 Å². The fourth-order valence-corrected chi connectivity index (χ4v) is 19.4. The number of pyridine rings is 8. The van der Waals surface area contributed by atoms with E-state index in [-0.39, 0.29) is 128 Å². The van der Waals surface area contributed by atoms with E-state index in [1.165, 1.54) is 35.2 Å². The molecule has 0 aliphatic rings. The summed E-state index contributed by atoms with van der Waals surface area (Å²) in [5.74, 6) is 0. The molecule has 0 unspecified atom stereocenters. The number of unbranched alkanes of at least 4 members (excludes halogenated alkanes) is 1. The van der Waals surface area contributed by atoms with Gasteiger partial charge in [-0.2, -0.15) is 83.3 Å². The molecule has 12 heterocycles. The first-order valence-electron chi connectivity index (χ1n) is 45.1. The zero-order valence-electron chi connectivity index (χ0n) is 77.9. The van der Waals surface area contributed by atoms with Crippen LogP contribution in [-0.4, -0.2) is 95.7 Å². The molecule has 0 spiro atoms. The molecule has 0 aliphatic heterocycles. The summed E-state index contributed by atoms with van der Waals surface area (Å²) < 4.78 is 80.6. The maximum Gasteiger partial charge on any atom is 2.00 e. The van der Waals surface area contributed by atoms with Gasteiger partial charge in [0, 0.05) is 56.2 Å². The Kier molecular flexibility index (Phi) is 41.9. The average molecular weight is 2850 g/mol. The second-order valence-electron chi connectivity index (χ2n) is 33.2. The van der Waals surface area contributed by atoms with Crippen molar-refractivity contribution in [2.45, 2.75) is 96.3 Å². The van der Waals surface area contributed by atoms with Gasteiger partial charge in [0.25, 0.3) is 0 Å². The number of hydrogen-bond acceptors (Lipinski definition) is 14. The largest absolute Gasteiger partial charge is 2.00 e. The van der Waals surface area contributed by atoms with Crippen molar-refractivity contribution >= 4 is 37.2 Å². The fourth-order valence-electron chi connectivity index (χ4n) is 15.1. The maximum absolute atomic E-state index is 12.9. The first-order valence-corrected chi connectivity index (χ1v) is 51.1. The molecule has 31 heteroatoms. The van der Waals surface area contributed by atoms with E-state index in [2.05, 4.69) is 209 Å². The van der Waals surface area contributed by atoms with E-state index >= 15 is 0 Å². The van der Waals surface area contributed by atoms with E-state index in [0.29, 0.717) is 10.6 Å². The Hall–Kier alpha value is -12.9. The van der Waals surface area contributed by atoms with E-state index in [0.717, 1.165) is 183 Å². The van der Waals surface area contributed by atoms with Gasteiger partial charge < -0.3 is 50.3 Å². The Labute approximate surface area is 907 Å². The van der Waals surface area contributed by atoms with Gasteiger partial charge in [0.05, 0.1) is 8.07 Å². The van der Waals surface area contributed by atoms with E-state index in [4.69, 9.17) is 29.9 Å². The molecule has 0 atom stereocenters. The molecule has 0 bridgehead atoms. The molecule has 0 saturated carbocycles. The van der Waals surface area contributed by atoms with Crippen LogP contribution in [0.1, 0.15) is 64.8 Å². The van der Waals surface area contributed by atoms with Gasteiger partial charge in [0.2, 0.25) is 0 Å².